The predicted molar refractivity (Wildman–Crippen MR) is 104 cm³/mol. The summed E-state index contributed by atoms with van der Waals surface area (Å²) in [6.45, 7) is 7.84. The first-order valence-electron chi connectivity index (χ1n) is 9.57. The fraction of sp³-hybridized carbons (Fsp3) is 0.455. The van der Waals surface area contributed by atoms with Gasteiger partial charge in [0.2, 0.25) is 0 Å². The van der Waals surface area contributed by atoms with Gasteiger partial charge in [-0.2, -0.15) is 0 Å². The summed E-state index contributed by atoms with van der Waals surface area (Å²) >= 11 is 0. The molecule has 0 saturated carbocycles. The van der Waals surface area contributed by atoms with Gasteiger partial charge in [0.15, 0.2) is 18.9 Å². The highest BCUT2D eigenvalue weighted by atomic mass is 35.5. The highest BCUT2D eigenvalue weighted by Gasteiger charge is 2.27. The highest BCUT2D eigenvalue weighted by Crippen LogP contribution is 2.20. The van der Waals surface area contributed by atoms with Crippen LogP contribution < -0.4 is 21.7 Å². The van der Waals surface area contributed by atoms with Crippen molar-refractivity contribution in [2.24, 2.45) is 0 Å². The Balaban J connectivity index is 0.00000280. The molecule has 1 saturated heterocycles. The molecule has 152 valence electrons. The average molecular weight is 405 g/mol. The van der Waals surface area contributed by atoms with E-state index >= 15 is 0 Å². The Hall–Kier alpha value is -2.27. The number of nitrogens with zero attached hydrogens (tertiary/aromatic N) is 2. The SMILES string of the molecule is CC(C)(C)OC(=O)N1CCC(Oc2cc[n+](Cc3ccccc3)cc2)CC1.[Cl-]. The molecule has 0 unspecified atom stereocenters. The van der Waals surface area contributed by atoms with Crippen LogP contribution in [0.4, 0.5) is 4.79 Å². The van der Waals surface area contributed by atoms with Crippen LogP contribution in [0, 0.1) is 0 Å². The number of carbonyl (C=O) groups excluding carboxylic acids is 1. The number of halogens is 1. The smallest absolute Gasteiger partial charge is 0.410 e. The van der Waals surface area contributed by atoms with Crippen molar-refractivity contribution in [3.63, 3.8) is 0 Å². The van der Waals surface area contributed by atoms with E-state index in [2.05, 4.69) is 28.8 Å². The number of benzene rings is 1. The molecule has 1 aliphatic rings. The number of aromatic nitrogens is 1. The minimum atomic E-state index is -0.455. The van der Waals surface area contributed by atoms with Crippen LogP contribution in [0.25, 0.3) is 0 Å². The summed E-state index contributed by atoms with van der Waals surface area (Å²) in [6, 6.07) is 14.4. The normalized spacial score (nSPS) is 14.9. The number of carbonyl (C=O) groups is 1. The van der Waals surface area contributed by atoms with Crippen LogP contribution in [0.1, 0.15) is 39.2 Å². The van der Waals surface area contributed by atoms with Gasteiger partial charge in [0.1, 0.15) is 17.5 Å². The first-order valence-corrected chi connectivity index (χ1v) is 9.57. The zero-order valence-corrected chi connectivity index (χ0v) is 17.6. The lowest BCUT2D eigenvalue weighted by molar-refractivity contribution is -0.688. The van der Waals surface area contributed by atoms with Crippen LogP contribution in [0.15, 0.2) is 54.9 Å². The molecule has 0 spiro atoms. The minimum absolute atomic E-state index is 0. The predicted octanol–water partition coefficient (Wildman–Crippen LogP) is 0.805. The summed E-state index contributed by atoms with van der Waals surface area (Å²) in [6.07, 6.45) is 5.61. The van der Waals surface area contributed by atoms with Crippen molar-refractivity contribution < 1.29 is 31.2 Å². The molecule has 1 aromatic heterocycles. The third-order valence-electron chi connectivity index (χ3n) is 4.46. The Labute approximate surface area is 173 Å². The van der Waals surface area contributed by atoms with Crippen LogP contribution in [0.2, 0.25) is 0 Å². The Morgan fingerprint density at radius 3 is 2.25 bits per heavy atom. The summed E-state index contributed by atoms with van der Waals surface area (Å²) in [5.41, 5.74) is 0.814. The van der Waals surface area contributed by atoms with Crippen LogP contribution in [0.3, 0.4) is 0 Å². The van der Waals surface area contributed by atoms with E-state index in [1.54, 1.807) is 4.90 Å². The van der Waals surface area contributed by atoms with E-state index in [-0.39, 0.29) is 24.6 Å². The monoisotopic (exact) mass is 404 g/mol. The van der Waals surface area contributed by atoms with Crippen LogP contribution >= 0.6 is 0 Å². The molecule has 0 radical (unpaired) electrons. The zero-order chi connectivity index (χ0) is 19.3. The van der Waals surface area contributed by atoms with E-state index in [0.29, 0.717) is 13.1 Å². The lowest BCUT2D eigenvalue weighted by Gasteiger charge is -2.33. The van der Waals surface area contributed by atoms with Gasteiger partial charge in [-0.1, -0.05) is 30.3 Å². The number of amides is 1. The van der Waals surface area contributed by atoms with Gasteiger partial charge in [-0.05, 0) is 20.8 Å². The van der Waals surface area contributed by atoms with Crippen molar-refractivity contribution in [2.75, 3.05) is 13.1 Å². The fourth-order valence-corrected chi connectivity index (χ4v) is 3.10. The van der Waals surface area contributed by atoms with Crippen LogP contribution in [-0.4, -0.2) is 35.8 Å². The number of piperidine rings is 1. The van der Waals surface area contributed by atoms with Crippen molar-refractivity contribution >= 4 is 6.09 Å². The first-order chi connectivity index (χ1) is 12.9. The third-order valence-corrected chi connectivity index (χ3v) is 4.46. The van der Waals surface area contributed by atoms with Crippen molar-refractivity contribution in [3.05, 3.63) is 60.4 Å². The van der Waals surface area contributed by atoms with Gasteiger partial charge in [-0.3, -0.25) is 0 Å². The molecular weight excluding hydrogens is 376 g/mol. The molecule has 0 bridgehead atoms. The van der Waals surface area contributed by atoms with E-state index in [9.17, 15) is 4.79 Å². The quantitative estimate of drug-likeness (QED) is 0.708. The number of hydrogen-bond donors (Lipinski definition) is 0. The Morgan fingerprint density at radius 2 is 1.68 bits per heavy atom. The highest BCUT2D eigenvalue weighted by molar-refractivity contribution is 5.68. The average Bonchev–Trinajstić information content (AvgIpc) is 2.63. The fourth-order valence-electron chi connectivity index (χ4n) is 3.10. The third kappa shape index (κ3) is 6.71. The van der Waals surface area contributed by atoms with Crippen molar-refractivity contribution in [2.45, 2.75) is 51.9 Å². The number of hydrogen-bond acceptors (Lipinski definition) is 3. The molecule has 3 rings (SSSR count). The van der Waals surface area contributed by atoms with Crippen molar-refractivity contribution in [1.82, 2.24) is 4.90 Å². The Bertz CT molecular complexity index is 737. The summed E-state index contributed by atoms with van der Waals surface area (Å²) in [7, 11) is 0. The second-order valence-corrected chi connectivity index (χ2v) is 7.98. The Kier molecular flexibility index (Phi) is 7.69. The summed E-state index contributed by atoms with van der Waals surface area (Å²) in [4.78, 5) is 13.9. The van der Waals surface area contributed by atoms with E-state index in [4.69, 9.17) is 9.47 Å². The van der Waals surface area contributed by atoms with E-state index < -0.39 is 5.60 Å². The standard InChI is InChI=1S/C22H29N2O3.ClH/c1-22(2,3)27-21(25)24-15-11-20(12-16-24)26-19-9-13-23(14-10-19)17-18-7-5-4-6-8-18;/h4-10,13-14,20H,11-12,15-17H2,1-3H3;1H/q+1;/p-1. The van der Waals surface area contributed by atoms with Crippen molar-refractivity contribution in [3.8, 4) is 5.75 Å². The van der Waals surface area contributed by atoms with Gasteiger partial charge < -0.3 is 26.8 Å². The molecule has 0 aliphatic carbocycles. The molecule has 1 aliphatic heterocycles. The van der Waals surface area contributed by atoms with Gasteiger partial charge >= 0.3 is 6.09 Å². The topological polar surface area (TPSA) is 42.6 Å². The summed E-state index contributed by atoms with van der Waals surface area (Å²) < 4.78 is 13.7. The van der Waals surface area contributed by atoms with Gasteiger partial charge in [-0.15, -0.1) is 0 Å². The van der Waals surface area contributed by atoms with Crippen molar-refractivity contribution in [1.29, 1.82) is 0 Å². The van der Waals surface area contributed by atoms with Gasteiger partial charge in [0.25, 0.3) is 0 Å². The maximum atomic E-state index is 12.1. The summed E-state index contributed by atoms with van der Waals surface area (Å²) in [5.74, 6) is 0.870. The van der Waals surface area contributed by atoms with Crippen LogP contribution in [0.5, 0.6) is 5.75 Å². The second kappa shape index (κ2) is 9.78. The van der Waals surface area contributed by atoms with Gasteiger partial charge in [0.05, 0.1) is 0 Å². The number of likely N-dealkylation sites (tertiary alicyclic amines) is 1. The molecule has 1 amide bonds. The molecule has 2 aromatic rings. The number of pyridine rings is 1. The maximum absolute atomic E-state index is 12.1. The lowest BCUT2D eigenvalue weighted by atomic mass is 10.1. The van der Waals surface area contributed by atoms with E-state index in [1.165, 1.54) is 5.56 Å². The van der Waals surface area contributed by atoms with E-state index in [1.807, 2.05) is 51.4 Å². The number of ether oxygens (including phenoxy) is 2. The molecule has 2 heterocycles. The van der Waals surface area contributed by atoms with E-state index in [0.717, 1.165) is 25.1 Å². The molecule has 1 fully saturated rings. The van der Waals surface area contributed by atoms with Crippen LogP contribution in [-0.2, 0) is 11.3 Å². The first kappa shape index (κ1) is 22.0. The zero-order valence-electron chi connectivity index (χ0n) is 16.8. The molecule has 28 heavy (non-hydrogen) atoms. The molecule has 6 heteroatoms. The Morgan fingerprint density at radius 1 is 1.07 bits per heavy atom. The molecule has 0 atom stereocenters. The molecule has 1 aromatic carbocycles. The van der Waals surface area contributed by atoms with Gasteiger partial charge in [0, 0.05) is 43.6 Å². The maximum Gasteiger partial charge on any atom is 0.410 e. The minimum Gasteiger partial charge on any atom is -1.00 e. The molecular formula is C22H29ClN2O3. The molecule has 0 N–H and O–H groups in total. The largest absolute Gasteiger partial charge is 1.00 e. The molecule has 5 nitrogen and oxygen atoms in total. The summed E-state index contributed by atoms with van der Waals surface area (Å²) in [5, 5.41) is 0. The lowest BCUT2D eigenvalue weighted by Crippen LogP contribution is -3.00. The van der Waals surface area contributed by atoms with Gasteiger partial charge in [-0.25, -0.2) is 9.36 Å². The number of rotatable bonds is 4. The second-order valence-electron chi connectivity index (χ2n) is 7.98.